The summed E-state index contributed by atoms with van der Waals surface area (Å²) in [4.78, 5) is 0. The highest BCUT2D eigenvalue weighted by molar-refractivity contribution is 5.84. The van der Waals surface area contributed by atoms with E-state index in [-0.39, 0.29) is 6.10 Å². The molecule has 1 aliphatic rings. The second-order valence-corrected chi connectivity index (χ2v) is 4.61. The van der Waals surface area contributed by atoms with Gasteiger partial charge >= 0.3 is 0 Å². The maximum absolute atomic E-state index is 5.97. The lowest BCUT2D eigenvalue weighted by molar-refractivity contribution is 0.265. The van der Waals surface area contributed by atoms with Crippen LogP contribution < -0.4 is 15.8 Å². The van der Waals surface area contributed by atoms with Crippen molar-refractivity contribution in [2.45, 2.75) is 13.0 Å². The van der Waals surface area contributed by atoms with E-state index >= 15 is 0 Å². The molecule has 3 heteroatoms. The molecular formula is C16H16N2O. The molecule has 96 valence electrons. The third-order valence-corrected chi connectivity index (χ3v) is 3.12. The first kappa shape index (κ1) is 11.7. The molecule has 3 N–H and O–H groups in total. The van der Waals surface area contributed by atoms with E-state index in [4.69, 9.17) is 10.5 Å². The Balaban J connectivity index is 1.98. The summed E-state index contributed by atoms with van der Waals surface area (Å²) in [7, 11) is 0. The number of nitrogen functional groups attached to an aromatic ring is 1. The number of ether oxygens (including phenoxy) is 1. The predicted molar refractivity (Wildman–Crippen MR) is 79.0 cm³/mol. The van der Waals surface area contributed by atoms with Crippen molar-refractivity contribution in [3.05, 3.63) is 60.2 Å². The maximum atomic E-state index is 5.97. The molecule has 19 heavy (non-hydrogen) atoms. The van der Waals surface area contributed by atoms with E-state index in [0.29, 0.717) is 0 Å². The van der Waals surface area contributed by atoms with Gasteiger partial charge in [-0.05, 0) is 37.3 Å². The lowest BCUT2D eigenvalue weighted by Gasteiger charge is -2.24. The number of nitrogens with one attached hydrogen (secondary N) is 1. The van der Waals surface area contributed by atoms with Gasteiger partial charge in [0.15, 0.2) is 0 Å². The fourth-order valence-electron chi connectivity index (χ4n) is 2.22. The molecule has 3 rings (SSSR count). The van der Waals surface area contributed by atoms with Gasteiger partial charge in [-0.2, -0.15) is 0 Å². The Morgan fingerprint density at radius 2 is 1.79 bits per heavy atom. The quantitative estimate of drug-likeness (QED) is 0.804. The smallest absolute Gasteiger partial charge is 0.129 e. The van der Waals surface area contributed by atoms with Crippen molar-refractivity contribution in [3.8, 4) is 5.75 Å². The zero-order valence-electron chi connectivity index (χ0n) is 10.8. The summed E-state index contributed by atoms with van der Waals surface area (Å²) < 4.78 is 5.78. The molecule has 2 aromatic carbocycles. The summed E-state index contributed by atoms with van der Waals surface area (Å²) in [5.41, 5.74) is 9.72. The van der Waals surface area contributed by atoms with Crippen LogP contribution in [-0.4, -0.2) is 6.10 Å². The third kappa shape index (κ3) is 2.27. The topological polar surface area (TPSA) is 47.3 Å². The molecule has 0 fully saturated rings. The Morgan fingerprint density at radius 3 is 2.63 bits per heavy atom. The SMILES string of the molecule is CC1C=C(Nc2ccccc2N)c2ccccc2O1. The fourth-order valence-corrected chi connectivity index (χ4v) is 2.22. The number of hydrogen-bond acceptors (Lipinski definition) is 3. The van der Waals surface area contributed by atoms with Gasteiger partial charge in [-0.1, -0.05) is 24.3 Å². The lowest BCUT2D eigenvalue weighted by Crippen LogP contribution is -2.17. The van der Waals surface area contributed by atoms with Crippen LogP contribution in [0.2, 0.25) is 0 Å². The number of para-hydroxylation sites is 3. The van der Waals surface area contributed by atoms with Crippen LogP contribution in [0.5, 0.6) is 5.75 Å². The Morgan fingerprint density at radius 1 is 1.05 bits per heavy atom. The molecular weight excluding hydrogens is 236 g/mol. The lowest BCUT2D eigenvalue weighted by atomic mass is 10.1. The Bertz CT molecular complexity index is 634. The monoisotopic (exact) mass is 252 g/mol. The van der Waals surface area contributed by atoms with Crippen LogP contribution >= 0.6 is 0 Å². The minimum absolute atomic E-state index is 0.0438. The number of hydrogen-bond donors (Lipinski definition) is 2. The van der Waals surface area contributed by atoms with E-state index in [9.17, 15) is 0 Å². The molecule has 1 unspecified atom stereocenters. The Labute approximate surface area is 112 Å². The first-order valence-electron chi connectivity index (χ1n) is 6.33. The van der Waals surface area contributed by atoms with Crippen molar-refractivity contribution in [3.63, 3.8) is 0 Å². The van der Waals surface area contributed by atoms with E-state index in [1.54, 1.807) is 0 Å². The Hall–Kier alpha value is -2.42. The van der Waals surface area contributed by atoms with Gasteiger partial charge in [0, 0.05) is 11.3 Å². The van der Waals surface area contributed by atoms with Crippen LogP contribution in [0.25, 0.3) is 5.70 Å². The number of rotatable bonds is 2. The number of nitrogens with two attached hydrogens (primary N) is 1. The van der Waals surface area contributed by atoms with Gasteiger partial charge < -0.3 is 15.8 Å². The second kappa shape index (κ2) is 4.69. The summed E-state index contributed by atoms with van der Waals surface area (Å²) in [6.07, 6.45) is 2.11. The normalized spacial score (nSPS) is 17.1. The van der Waals surface area contributed by atoms with Gasteiger partial charge in [-0.3, -0.25) is 0 Å². The molecule has 0 aromatic heterocycles. The van der Waals surface area contributed by atoms with Crippen molar-refractivity contribution < 1.29 is 4.74 Å². The van der Waals surface area contributed by atoms with Gasteiger partial charge in [0.2, 0.25) is 0 Å². The third-order valence-electron chi connectivity index (χ3n) is 3.12. The van der Waals surface area contributed by atoms with Gasteiger partial charge in [-0.15, -0.1) is 0 Å². The van der Waals surface area contributed by atoms with Gasteiger partial charge in [-0.25, -0.2) is 0 Å². The van der Waals surface area contributed by atoms with Crippen LogP contribution in [0.3, 0.4) is 0 Å². The number of anilines is 2. The fraction of sp³-hybridized carbons (Fsp3) is 0.125. The molecule has 1 atom stereocenters. The van der Waals surface area contributed by atoms with Crippen molar-refractivity contribution in [1.82, 2.24) is 0 Å². The molecule has 0 spiro atoms. The molecule has 1 heterocycles. The van der Waals surface area contributed by atoms with Crippen molar-refractivity contribution in [2.24, 2.45) is 0 Å². The zero-order valence-corrected chi connectivity index (χ0v) is 10.8. The van der Waals surface area contributed by atoms with E-state index in [1.807, 2.05) is 55.5 Å². The van der Waals surface area contributed by atoms with Crippen LogP contribution in [0.1, 0.15) is 12.5 Å². The molecule has 1 aliphatic heterocycles. The zero-order chi connectivity index (χ0) is 13.2. The standard InChI is InChI=1S/C16H16N2O/c1-11-10-15(12-6-2-5-9-16(12)19-11)18-14-8-4-3-7-13(14)17/h2-11,18H,17H2,1H3. The highest BCUT2D eigenvalue weighted by atomic mass is 16.5. The van der Waals surface area contributed by atoms with E-state index < -0.39 is 0 Å². The molecule has 0 radical (unpaired) electrons. The summed E-state index contributed by atoms with van der Waals surface area (Å²) in [6.45, 7) is 2.02. The average molecular weight is 252 g/mol. The molecule has 0 saturated heterocycles. The minimum Gasteiger partial charge on any atom is -0.486 e. The maximum Gasteiger partial charge on any atom is 0.129 e. The van der Waals surface area contributed by atoms with Crippen LogP contribution in [-0.2, 0) is 0 Å². The van der Waals surface area contributed by atoms with Gasteiger partial charge in [0.25, 0.3) is 0 Å². The predicted octanol–water partition coefficient (Wildman–Crippen LogP) is 3.50. The van der Waals surface area contributed by atoms with Crippen molar-refractivity contribution >= 4 is 17.1 Å². The number of benzene rings is 2. The molecule has 0 aliphatic carbocycles. The van der Waals surface area contributed by atoms with Crippen molar-refractivity contribution in [1.29, 1.82) is 0 Å². The first-order chi connectivity index (χ1) is 9.24. The van der Waals surface area contributed by atoms with Crippen LogP contribution in [0, 0.1) is 0 Å². The van der Waals surface area contributed by atoms with E-state index in [0.717, 1.165) is 28.4 Å². The number of fused-ring (bicyclic) bond motifs is 1. The first-order valence-corrected chi connectivity index (χ1v) is 6.33. The molecule has 2 aromatic rings. The van der Waals surface area contributed by atoms with E-state index in [2.05, 4.69) is 11.4 Å². The highest BCUT2D eigenvalue weighted by Crippen LogP contribution is 2.33. The minimum atomic E-state index is 0.0438. The van der Waals surface area contributed by atoms with Crippen LogP contribution in [0.4, 0.5) is 11.4 Å². The van der Waals surface area contributed by atoms with E-state index in [1.165, 1.54) is 0 Å². The van der Waals surface area contributed by atoms with Gasteiger partial charge in [0.05, 0.1) is 11.4 Å². The molecule has 0 bridgehead atoms. The van der Waals surface area contributed by atoms with Crippen LogP contribution in [0.15, 0.2) is 54.6 Å². The molecule has 0 saturated carbocycles. The highest BCUT2D eigenvalue weighted by Gasteiger charge is 2.17. The second-order valence-electron chi connectivity index (χ2n) is 4.61. The summed E-state index contributed by atoms with van der Waals surface area (Å²) in [5.74, 6) is 0.898. The largest absolute Gasteiger partial charge is 0.486 e. The summed E-state index contributed by atoms with van der Waals surface area (Å²) in [6, 6.07) is 15.8. The molecule has 0 amide bonds. The average Bonchev–Trinajstić information content (AvgIpc) is 2.41. The van der Waals surface area contributed by atoms with Crippen molar-refractivity contribution in [2.75, 3.05) is 11.1 Å². The van der Waals surface area contributed by atoms with Gasteiger partial charge in [0.1, 0.15) is 11.9 Å². The molecule has 3 nitrogen and oxygen atoms in total. The summed E-state index contributed by atoms with van der Waals surface area (Å²) >= 11 is 0. The summed E-state index contributed by atoms with van der Waals surface area (Å²) in [5, 5.41) is 3.39. The Kier molecular flexibility index (Phi) is 2.88.